The van der Waals surface area contributed by atoms with E-state index >= 15 is 0 Å². The molecule has 0 saturated carbocycles. The van der Waals surface area contributed by atoms with Crippen molar-refractivity contribution in [3.8, 4) is 0 Å². The SMILES string of the molecule is CC(C)(C)OC(=O)N1CC[C@@H](Sc2ccncc2)C1. The average Bonchev–Trinajstić information content (AvgIpc) is 2.77. The third-order valence-electron chi connectivity index (χ3n) is 2.75. The lowest BCUT2D eigenvalue weighted by Crippen LogP contribution is -2.35. The topological polar surface area (TPSA) is 42.4 Å². The largest absolute Gasteiger partial charge is 0.444 e. The minimum Gasteiger partial charge on any atom is -0.444 e. The number of hydrogen-bond acceptors (Lipinski definition) is 4. The van der Waals surface area contributed by atoms with E-state index in [0.29, 0.717) is 5.25 Å². The number of nitrogens with zero attached hydrogens (tertiary/aromatic N) is 2. The summed E-state index contributed by atoms with van der Waals surface area (Å²) >= 11 is 1.80. The molecule has 0 aliphatic carbocycles. The maximum absolute atomic E-state index is 11.9. The molecule has 0 N–H and O–H groups in total. The fourth-order valence-electron chi connectivity index (χ4n) is 1.93. The molecule has 1 aliphatic rings. The van der Waals surface area contributed by atoms with E-state index in [9.17, 15) is 4.79 Å². The summed E-state index contributed by atoms with van der Waals surface area (Å²) in [5.41, 5.74) is -0.423. The van der Waals surface area contributed by atoms with Gasteiger partial charge in [-0.15, -0.1) is 11.8 Å². The van der Waals surface area contributed by atoms with Crippen LogP contribution in [0, 0.1) is 0 Å². The molecule has 0 radical (unpaired) electrons. The molecule has 1 aliphatic heterocycles. The molecule has 5 heteroatoms. The first kappa shape index (κ1) is 14.2. The lowest BCUT2D eigenvalue weighted by Gasteiger charge is -2.24. The standard InChI is InChI=1S/C14H20N2O2S/c1-14(2,3)18-13(17)16-9-6-12(10-16)19-11-4-7-15-8-5-11/h4-5,7-8,12H,6,9-10H2,1-3H3/t12-/m1/s1. The molecule has 1 aromatic rings. The Bertz CT molecular complexity index is 431. The lowest BCUT2D eigenvalue weighted by atomic mass is 10.2. The number of ether oxygens (including phenoxy) is 1. The van der Waals surface area contributed by atoms with Crippen LogP contribution in [0.4, 0.5) is 4.79 Å². The van der Waals surface area contributed by atoms with Crippen LogP contribution in [0.2, 0.25) is 0 Å². The molecule has 0 bridgehead atoms. The number of amides is 1. The van der Waals surface area contributed by atoms with Crippen molar-refractivity contribution < 1.29 is 9.53 Å². The second kappa shape index (κ2) is 5.82. The molecule has 4 nitrogen and oxygen atoms in total. The molecule has 1 saturated heterocycles. The normalized spacial score (nSPS) is 19.5. The highest BCUT2D eigenvalue weighted by molar-refractivity contribution is 8.00. The van der Waals surface area contributed by atoms with E-state index in [-0.39, 0.29) is 6.09 Å². The van der Waals surface area contributed by atoms with E-state index in [2.05, 4.69) is 4.98 Å². The molecule has 1 atom stereocenters. The van der Waals surface area contributed by atoms with Gasteiger partial charge in [0, 0.05) is 35.6 Å². The molecule has 1 fully saturated rings. The molecule has 2 heterocycles. The van der Waals surface area contributed by atoms with Crippen LogP contribution in [0.5, 0.6) is 0 Å². The Morgan fingerprint density at radius 1 is 1.42 bits per heavy atom. The van der Waals surface area contributed by atoms with Gasteiger partial charge in [0.25, 0.3) is 0 Å². The monoisotopic (exact) mass is 280 g/mol. The van der Waals surface area contributed by atoms with Gasteiger partial charge in [-0.2, -0.15) is 0 Å². The smallest absolute Gasteiger partial charge is 0.410 e. The van der Waals surface area contributed by atoms with Gasteiger partial charge in [-0.25, -0.2) is 4.79 Å². The van der Waals surface area contributed by atoms with Gasteiger partial charge >= 0.3 is 6.09 Å². The van der Waals surface area contributed by atoms with Gasteiger partial charge in [-0.3, -0.25) is 4.98 Å². The molecular weight excluding hydrogens is 260 g/mol. The van der Waals surface area contributed by atoms with E-state index in [0.717, 1.165) is 19.5 Å². The molecule has 19 heavy (non-hydrogen) atoms. The van der Waals surface area contributed by atoms with Crippen molar-refractivity contribution in [3.05, 3.63) is 24.5 Å². The summed E-state index contributed by atoms with van der Waals surface area (Å²) < 4.78 is 5.39. The third kappa shape index (κ3) is 4.42. The van der Waals surface area contributed by atoms with Gasteiger partial charge in [0.15, 0.2) is 0 Å². The second-order valence-corrected chi connectivity index (χ2v) is 7.01. The number of aromatic nitrogens is 1. The maximum atomic E-state index is 11.9. The van der Waals surface area contributed by atoms with Crippen LogP contribution < -0.4 is 0 Å². The lowest BCUT2D eigenvalue weighted by molar-refractivity contribution is 0.0295. The highest BCUT2D eigenvalue weighted by Gasteiger charge is 2.30. The van der Waals surface area contributed by atoms with Crippen molar-refractivity contribution in [1.29, 1.82) is 0 Å². The molecule has 0 aromatic carbocycles. The number of carbonyl (C=O) groups is 1. The van der Waals surface area contributed by atoms with Crippen LogP contribution in [0.1, 0.15) is 27.2 Å². The van der Waals surface area contributed by atoms with E-state index in [1.165, 1.54) is 4.90 Å². The predicted octanol–water partition coefficient (Wildman–Crippen LogP) is 3.18. The summed E-state index contributed by atoms with van der Waals surface area (Å²) in [6, 6.07) is 4.00. The minimum atomic E-state index is -0.423. The maximum Gasteiger partial charge on any atom is 0.410 e. The van der Waals surface area contributed by atoms with Gasteiger partial charge in [0.1, 0.15) is 5.60 Å². The number of likely N-dealkylation sites (tertiary alicyclic amines) is 1. The third-order valence-corrected chi connectivity index (χ3v) is 4.01. The molecule has 104 valence electrons. The van der Waals surface area contributed by atoms with Crippen molar-refractivity contribution in [3.63, 3.8) is 0 Å². The van der Waals surface area contributed by atoms with Crippen molar-refractivity contribution >= 4 is 17.9 Å². The summed E-state index contributed by atoms with van der Waals surface area (Å²) in [6.07, 6.45) is 4.39. The summed E-state index contributed by atoms with van der Waals surface area (Å²) in [5, 5.41) is 0.440. The Hall–Kier alpha value is -1.23. The van der Waals surface area contributed by atoms with Crippen LogP contribution >= 0.6 is 11.8 Å². The van der Waals surface area contributed by atoms with Crippen LogP contribution in [0.3, 0.4) is 0 Å². The van der Waals surface area contributed by atoms with Crippen molar-refractivity contribution in [2.45, 2.75) is 42.9 Å². The summed E-state index contributed by atoms with van der Waals surface area (Å²) in [7, 11) is 0. The highest BCUT2D eigenvalue weighted by atomic mass is 32.2. The van der Waals surface area contributed by atoms with Gasteiger partial charge < -0.3 is 9.64 Å². The number of rotatable bonds is 2. The number of pyridine rings is 1. The van der Waals surface area contributed by atoms with Gasteiger partial charge in [0.2, 0.25) is 0 Å². The van der Waals surface area contributed by atoms with Crippen LogP contribution in [-0.2, 0) is 4.74 Å². The highest BCUT2D eigenvalue weighted by Crippen LogP contribution is 2.29. The Labute approximate surface area is 118 Å². The van der Waals surface area contributed by atoms with Crippen molar-refractivity contribution in [2.24, 2.45) is 0 Å². The van der Waals surface area contributed by atoms with E-state index in [1.807, 2.05) is 32.9 Å². The molecule has 1 aromatic heterocycles. The minimum absolute atomic E-state index is 0.203. The summed E-state index contributed by atoms with van der Waals surface area (Å²) in [6.45, 7) is 7.21. The quantitative estimate of drug-likeness (QED) is 0.834. The number of thioether (sulfide) groups is 1. The molecule has 2 rings (SSSR count). The predicted molar refractivity (Wildman–Crippen MR) is 76.3 cm³/mol. The Balaban J connectivity index is 1.85. The number of carbonyl (C=O) groups excluding carboxylic acids is 1. The Morgan fingerprint density at radius 3 is 2.74 bits per heavy atom. The second-order valence-electron chi connectivity index (χ2n) is 5.64. The first-order valence-corrected chi connectivity index (χ1v) is 7.36. The molecule has 0 spiro atoms. The van der Waals surface area contributed by atoms with Gasteiger partial charge in [-0.1, -0.05) is 0 Å². The zero-order chi connectivity index (χ0) is 13.9. The zero-order valence-electron chi connectivity index (χ0n) is 11.6. The van der Waals surface area contributed by atoms with Crippen LogP contribution in [0.15, 0.2) is 29.4 Å². The van der Waals surface area contributed by atoms with E-state index < -0.39 is 5.60 Å². The summed E-state index contributed by atoms with van der Waals surface area (Å²) in [5.74, 6) is 0. The molecule has 1 amide bonds. The first-order valence-electron chi connectivity index (χ1n) is 6.49. The number of hydrogen-bond donors (Lipinski definition) is 0. The Morgan fingerprint density at radius 2 is 2.11 bits per heavy atom. The zero-order valence-corrected chi connectivity index (χ0v) is 12.4. The molecular formula is C14H20N2O2S. The van der Waals surface area contributed by atoms with Crippen molar-refractivity contribution in [2.75, 3.05) is 13.1 Å². The van der Waals surface area contributed by atoms with Crippen LogP contribution in [0.25, 0.3) is 0 Å². The molecule has 0 unspecified atom stereocenters. The fourth-order valence-corrected chi connectivity index (χ4v) is 3.07. The first-order chi connectivity index (χ1) is 8.94. The van der Waals surface area contributed by atoms with Gasteiger partial charge in [0.05, 0.1) is 0 Å². The average molecular weight is 280 g/mol. The van der Waals surface area contributed by atoms with Gasteiger partial charge in [-0.05, 0) is 39.3 Å². The summed E-state index contributed by atoms with van der Waals surface area (Å²) in [4.78, 5) is 18.9. The van der Waals surface area contributed by atoms with E-state index in [1.54, 1.807) is 29.1 Å². The van der Waals surface area contributed by atoms with Crippen LogP contribution in [-0.4, -0.2) is 39.9 Å². The fraction of sp³-hybridized carbons (Fsp3) is 0.571. The van der Waals surface area contributed by atoms with Crippen molar-refractivity contribution in [1.82, 2.24) is 9.88 Å². The Kier molecular flexibility index (Phi) is 4.34. The van der Waals surface area contributed by atoms with E-state index in [4.69, 9.17) is 4.74 Å².